The van der Waals surface area contributed by atoms with Crippen LogP contribution in [0.15, 0.2) is 60.8 Å². The van der Waals surface area contributed by atoms with Crippen LogP contribution in [0.25, 0.3) is 0 Å². The molecule has 0 radical (unpaired) electrons. The third-order valence-electron chi connectivity index (χ3n) is 18.5. The Bertz CT molecular complexity index is 1670. The first-order valence-electron chi connectivity index (χ1n) is 40.2. The van der Waals surface area contributed by atoms with Crippen LogP contribution in [0.1, 0.15) is 406 Å². The number of hydrogen-bond acceptors (Lipinski definition) is 5. The fourth-order valence-electron chi connectivity index (χ4n) is 12.3. The molecule has 3 unspecified atom stereocenters. The molecule has 0 aromatic carbocycles. The van der Waals surface area contributed by atoms with Gasteiger partial charge in [-0.15, -0.1) is 0 Å². The zero-order valence-corrected chi connectivity index (χ0v) is 62.5. The monoisotopic (exact) mass is 1300 g/mol. The number of quaternary nitrogens is 1. The van der Waals surface area contributed by atoms with Gasteiger partial charge in [-0.05, 0) is 57.8 Å². The van der Waals surface area contributed by atoms with Crippen LogP contribution in [0, 0.1) is 0 Å². The van der Waals surface area contributed by atoms with Crippen molar-refractivity contribution in [3.63, 3.8) is 0 Å². The van der Waals surface area contributed by atoms with Crippen LogP contribution in [-0.4, -0.2) is 73.4 Å². The molecule has 3 N–H and O–H groups in total. The van der Waals surface area contributed by atoms with Crippen LogP contribution in [0.3, 0.4) is 0 Å². The van der Waals surface area contributed by atoms with E-state index in [-0.39, 0.29) is 19.1 Å². The predicted octanol–water partition coefficient (Wildman–Crippen LogP) is 26.3. The molecule has 9 heteroatoms. The maximum absolute atomic E-state index is 13.1. The minimum atomic E-state index is -4.36. The van der Waals surface area contributed by atoms with Crippen LogP contribution in [0.4, 0.5) is 0 Å². The van der Waals surface area contributed by atoms with Gasteiger partial charge in [-0.2, -0.15) is 0 Å². The van der Waals surface area contributed by atoms with E-state index in [4.69, 9.17) is 9.05 Å². The van der Waals surface area contributed by atoms with E-state index in [0.717, 1.165) is 57.8 Å². The number of rotatable bonds is 75. The molecule has 0 saturated heterocycles. The molecule has 0 aliphatic carbocycles. The van der Waals surface area contributed by atoms with Crippen molar-refractivity contribution in [1.82, 2.24) is 5.32 Å². The fourth-order valence-corrected chi connectivity index (χ4v) is 13.1. The van der Waals surface area contributed by atoms with Gasteiger partial charge in [0.25, 0.3) is 0 Å². The Morgan fingerprint density at radius 2 is 0.659 bits per heavy atom. The fraction of sp³-hybridized carbons (Fsp3) is 0.866. The van der Waals surface area contributed by atoms with Gasteiger partial charge in [0, 0.05) is 6.42 Å². The van der Waals surface area contributed by atoms with Gasteiger partial charge >= 0.3 is 7.82 Å². The van der Waals surface area contributed by atoms with Gasteiger partial charge in [0.2, 0.25) is 5.91 Å². The highest BCUT2D eigenvalue weighted by Crippen LogP contribution is 2.43. The summed E-state index contributed by atoms with van der Waals surface area (Å²) in [5.41, 5.74) is 0. The average Bonchev–Trinajstić information content (AvgIpc) is 3.59. The minimum Gasteiger partial charge on any atom is -0.387 e. The summed E-state index contributed by atoms with van der Waals surface area (Å²) in [6.45, 7) is 4.77. The number of aliphatic hydroxyl groups excluding tert-OH is 1. The zero-order valence-electron chi connectivity index (χ0n) is 61.6. The summed E-state index contributed by atoms with van der Waals surface area (Å²) in [4.78, 5) is 23.5. The molecule has 0 bridgehead atoms. The number of unbranched alkanes of at least 4 members (excludes halogenated alkanes) is 54. The molecule has 0 fully saturated rings. The summed E-state index contributed by atoms with van der Waals surface area (Å²) in [6.07, 6.45) is 101. The van der Waals surface area contributed by atoms with Gasteiger partial charge in [0.05, 0.1) is 39.9 Å². The van der Waals surface area contributed by atoms with Crippen molar-refractivity contribution in [3.8, 4) is 0 Å². The number of aliphatic hydroxyl groups is 1. The van der Waals surface area contributed by atoms with Crippen molar-refractivity contribution in [2.24, 2.45) is 0 Å². The number of nitrogens with zero attached hydrogens (tertiary/aromatic N) is 1. The van der Waals surface area contributed by atoms with E-state index in [2.05, 4.69) is 67.8 Å². The highest BCUT2D eigenvalue weighted by Gasteiger charge is 2.28. The molecule has 8 nitrogen and oxygen atoms in total. The number of amides is 1. The molecule has 0 saturated carbocycles. The van der Waals surface area contributed by atoms with E-state index >= 15 is 0 Å². The summed E-state index contributed by atoms with van der Waals surface area (Å²) in [7, 11) is 1.59. The Hall–Kier alpha value is -1.80. The highest BCUT2D eigenvalue weighted by atomic mass is 31.2. The molecular weight excluding hydrogens is 1140 g/mol. The van der Waals surface area contributed by atoms with E-state index < -0.39 is 20.0 Å². The largest absolute Gasteiger partial charge is 0.472 e. The molecule has 0 spiro atoms. The van der Waals surface area contributed by atoms with Crippen LogP contribution in [0.5, 0.6) is 0 Å². The minimum absolute atomic E-state index is 0.0636. The first-order valence-corrected chi connectivity index (χ1v) is 41.7. The molecular formula is C82H158N2O6P+. The van der Waals surface area contributed by atoms with Crippen molar-refractivity contribution in [3.05, 3.63) is 60.8 Å². The van der Waals surface area contributed by atoms with Gasteiger partial charge in [0.15, 0.2) is 0 Å². The second-order valence-corrected chi connectivity index (χ2v) is 30.2. The molecule has 1 amide bonds. The topological polar surface area (TPSA) is 105 Å². The first kappa shape index (κ1) is 89.2. The highest BCUT2D eigenvalue weighted by molar-refractivity contribution is 7.47. The van der Waals surface area contributed by atoms with E-state index in [1.807, 2.05) is 27.2 Å². The lowest BCUT2D eigenvalue weighted by Crippen LogP contribution is -2.45. The Morgan fingerprint density at radius 1 is 0.385 bits per heavy atom. The number of phosphoric ester groups is 1. The molecule has 3 atom stereocenters. The standard InChI is InChI=1S/C82H157N2O6P/c1-6-8-10-12-14-16-18-20-22-24-26-28-30-32-34-36-37-38-39-40-41-42-43-44-45-46-47-48-50-52-54-56-58-60-62-64-66-68-70-72-74-76-82(86)83-80(79-90-91(87,88)89-78-77-84(3,4)5)81(85)75-73-71-69-67-65-63-61-59-57-55-53-51-49-35-33-31-29-27-25-23-21-19-17-15-13-11-9-7-2/h8,10,14,16,20,22,26,28,73,75,80-81,85H,6-7,9,11-13,15,17-19,21,23-25,27,29-72,74,76-79H2,1-5H3,(H-,83,86,87,88)/p+1/b10-8-,16-14-,22-20-,28-26-,75-73+. The van der Waals surface area contributed by atoms with Crippen LogP contribution < -0.4 is 5.32 Å². The van der Waals surface area contributed by atoms with E-state index in [1.165, 1.54) is 327 Å². The predicted molar refractivity (Wildman–Crippen MR) is 401 cm³/mol. The van der Waals surface area contributed by atoms with Crippen LogP contribution in [0.2, 0.25) is 0 Å². The van der Waals surface area contributed by atoms with Crippen molar-refractivity contribution in [2.45, 2.75) is 418 Å². The summed E-state index contributed by atoms with van der Waals surface area (Å²) >= 11 is 0. The Kier molecular flexibility index (Phi) is 71.0. The second-order valence-electron chi connectivity index (χ2n) is 28.8. The smallest absolute Gasteiger partial charge is 0.387 e. The van der Waals surface area contributed by atoms with Gasteiger partial charge in [0.1, 0.15) is 13.2 Å². The summed E-state index contributed by atoms with van der Waals surface area (Å²) < 4.78 is 23.9. The molecule has 0 aliphatic rings. The van der Waals surface area contributed by atoms with Crippen LogP contribution >= 0.6 is 7.82 Å². The number of phosphoric acid groups is 1. The number of hydrogen-bond donors (Lipinski definition) is 3. The lowest BCUT2D eigenvalue weighted by Gasteiger charge is -2.25. The van der Waals surface area contributed by atoms with Crippen molar-refractivity contribution in [2.75, 3.05) is 40.9 Å². The van der Waals surface area contributed by atoms with Gasteiger partial charge < -0.3 is 19.8 Å². The lowest BCUT2D eigenvalue weighted by atomic mass is 10.0. The Labute approximate surface area is 568 Å². The number of likely N-dealkylation sites (N-methyl/N-ethyl adjacent to an activating group) is 1. The Morgan fingerprint density at radius 3 is 0.967 bits per heavy atom. The van der Waals surface area contributed by atoms with E-state index in [0.29, 0.717) is 17.4 Å². The molecule has 0 rings (SSSR count). The molecule has 0 aliphatic heterocycles. The summed E-state index contributed by atoms with van der Waals surface area (Å²) in [5.74, 6) is -0.168. The maximum atomic E-state index is 13.1. The molecule has 91 heavy (non-hydrogen) atoms. The normalized spacial score (nSPS) is 13.8. The summed E-state index contributed by atoms with van der Waals surface area (Å²) in [6, 6.07) is -0.847. The van der Waals surface area contributed by atoms with E-state index in [9.17, 15) is 19.4 Å². The van der Waals surface area contributed by atoms with Crippen molar-refractivity contribution >= 4 is 13.7 Å². The van der Waals surface area contributed by atoms with Crippen molar-refractivity contribution < 1.29 is 32.9 Å². The van der Waals surface area contributed by atoms with Gasteiger partial charge in [-0.25, -0.2) is 4.57 Å². The molecule has 0 heterocycles. The molecule has 536 valence electrons. The van der Waals surface area contributed by atoms with Crippen LogP contribution in [-0.2, 0) is 18.4 Å². The Balaban J connectivity index is 3.91. The number of carbonyl (C=O) groups is 1. The second kappa shape index (κ2) is 72.5. The third kappa shape index (κ3) is 75.4. The number of nitrogens with one attached hydrogen (secondary N) is 1. The van der Waals surface area contributed by atoms with Gasteiger partial charge in [-0.3, -0.25) is 13.8 Å². The van der Waals surface area contributed by atoms with Gasteiger partial charge in [-0.1, -0.05) is 402 Å². The number of carbonyl (C=O) groups excluding carboxylic acids is 1. The average molecular weight is 1300 g/mol. The van der Waals surface area contributed by atoms with E-state index in [1.54, 1.807) is 6.08 Å². The quantitative estimate of drug-likeness (QED) is 0.0243. The molecule has 0 aromatic heterocycles. The lowest BCUT2D eigenvalue weighted by molar-refractivity contribution is -0.870. The number of allylic oxidation sites excluding steroid dienone is 9. The molecule has 0 aromatic rings. The zero-order chi connectivity index (χ0) is 66.2. The summed E-state index contributed by atoms with van der Waals surface area (Å²) in [5, 5.41) is 14.1. The maximum Gasteiger partial charge on any atom is 0.472 e. The first-order chi connectivity index (χ1) is 44.5. The SMILES string of the molecule is CC/C=C\C/C=C\C/C=C\C/C=C\CCCCCCCCCCCCCCCCCCCCCCCCCCCCCCC(=O)NC(COP(=O)(O)OCC[N+](C)(C)C)C(O)/C=C/CCCCCCCCCCCCCCCCCCCCCCCCCCCC. The third-order valence-corrected chi connectivity index (χ3v) is 19.5. The van der Waals surface area contributed by atoms with Crippen molar-refractivity contribution in [1.29, 1.82) is 0 Å².